The van der Waals surface area contributed by atoms with Crippen LogP contribution in [0.5, 0.6) is 0 Å². The Bertz CT molecular complexity index is 3270. The molecule has 0 fully saturated rings. The molecule has 254 valence electrons. The quantitative estimate of drug-likeness (QED) is 0.183. The molecule has 0 bridgehead atoms. The normalized spacial score (nSPS) is 12.0. The Kier molecular flexibility index (Phi) is 6.31. The van der Waals surface area contributed by atoms with Crippen LogP contribution in [-0.4, -0.2) is 15.0 Å². The van der Waals surface area contributed by atoms with E-state index in [2.05, 4.69) is 176 Å². The summed E-state index contributed by atoms with van der Waals surface area (Å²) in [7, 11) is 0. The van der Waals surface area contributed by atoms with E-state index in [4.69, 9.17) is 19.4 Å². The molecule has 0 saturated carbocycles. The van der Waals surface area contributed by atoms with Crippen molar-refractivity contribution >= 4 is 54.3 Å². The Morgan fingerprint density at radius 2 is 0.782 bits per heavy atom. The SMILES string of the molecule is c1ccc2c(c1)-c1cccc3c1c-2cc1oc2cccc(-c4ccc(-c5nc(-c6cccc7ccccc67)nc(-c6cccc7ccccc67)n5)cc4)c2c13. The van der Waals surface area contributed by atoms with Crippen LogP contribution in [0.25, 0.3) is 122 Å². The van der Waals surface area contributed by atoms with Crippen LogP contribution < -0.4 is 0 Å². The molecule has 12 rings (SSSR count). The maximum Gasteiger partial charge on any atom is 0.164 e. The zero-order valence-corrected chi connectivity index (χ0v) is 29.5. The number of benzene rings is 9. The molecular weight excluding hydrogens is 671 g/mol. The van der Waals surface area contributed by atoms with Crippen molar-refractivity contribution in [3.8, 4) is 67.5 Å². The van der Waals surface area contributed by atoms with Crippen molar-refractivity contribution in [3.05, 3.63) is 176 Å². The standard InChI is InChI=1S/C51H29N3O/c1-3-15-34-30(11-1)13-7-21-40(34)50-52-49(53-51(54-50)41-22-8-14-31-12-2-4-16-35(31)41)33-27-25-32(26-28-33)36-19-10-24-44-47(36)48-42-23-9-20-39-37-17-5-6-18-38(37)43(46(39)42)29-45(48)55-44/h1-29H. The minimum absolute atomic E-state index is 0.628. The van der Waals surface area contributed by atoms with Crippen LogP contribution in [0.2, 0.25) is 0 Å². The van der Waals surface area contributed by atoms with E-state index in [0.29, 0.717) is 17.5 Å². The lowest BCUT2D eigenvalue weighted by Crippen LogP contribution is -2.01. The molecule has 1 aliphatic carbocycles. The van der Waals surface area contributed by atoms with Gasteiger partial charge in [-0.2, -0.15) is 0 Å². The van der Waals surface area contributed by atoms with Gasteiger partial charge in [0.15, 0.2) is 17.5 Å². The highest BCUT2D eigenvalue weighted by Crippen LogP contribution is 2.51. The first kappa shape index (κ1) is 30.1. The fourth-order valence-electron chi connectivity index (χ4n) is 8.81. The molecule has 0 atom stereocenters. The Morgan fingerprint density at radius 3 is 1.49 bits per heavy atom. The van der Waals surface area contributed by atoms with Crippen molar-refractivity contribution in [2.45, 2.75) is 0 Å². The second kappa shape index (κ2) is 11.5. The summed E-state index contributed by atoms with van der Waals surface area (Å²) in [6, 6.07) is 61.9. The van der Waals surface area contributed by atoms with E-state index < -0.39 is 0 Å². The zero-order valence-electron chi connectivity index (χ0n) is 29.5. The largest absolute Gasteiger partial charge is 0.456 e. The number of rotatable bonds is 4. The molecule has 4 heteroatoms. The van der Waals surface area contributed by atoms with Crippen LogP contribution >= 0.6 is 0 Å². The number of fused-ring (bicyclic) bond motifs is 9. The Labute approximate surface area is 316 Å². The molecule has 0 aliphatic heterocycles. The minimum atomic E-state index is 0.628. The van der Waals surface area contributed by atoms with E-state index in [1.54, 1.807) is 0 Å². The second-order valence-corrected chi connectivity index (χ2v) is 14.3. The smallest absolute Gasteiger partial charge is 0.164 e. The lowest BCUT2D eigenvalue weighted by molar-refractivity contribution is 0.669. The fourth-order valence-corrected chi connectivity index (χ4v) is 8.81. The predicted molar refractivity (Wildman–Crippen MR) is 226 cm³/mol. The van der Waals surface area contributed by atoms with Crippen LogP contribution in [0, 0.1) is 0 Å². The molecule has 1 aliphatic rings. The first-order valence-corrected chi connectivity index (χ1v) is 18.6. The van der Waals surface area contributed by atoms with Crippen LogP contribution in [0.15, 0.2) is 180 Å². The summed E-state index contributed by atoms with van der Waals surface area (Å²) in [6.07, 6.45) is 0. The maximum absolute atomic E-state index is 6.64. The third-order valence-corrected chi connectivity index (χ3v) is 11.3. The lowest BCUT2D eigenvalue weighted by atomic mass is 9.94. The van der Waals surface area contributed by atoms with E-state index in [1.165, 1.54) is 33.0 Å². The van der Waals surface area contributed by atoms with Gasteiger partial charge < -0.3 is 4.42 Å². The van der Waals surface area contributed by atoms with Crippen molar-refractivity contribution in [1.82, 2.24) is 15.0 Å². The lowest BCUT2D eigenvalue weighted by Gasteiger charge is -2.12. The zero-order chi connectivity index (χ0) is 36.0. The highest BCUT2D eigenvalue weighted by molar-refractivity contribution is 6.29. The monoisotopic (exact) mass is 699 g/mol. The van der Waals surface area contributed by atoms with Gasteiger partial charge in [0.25, 0.3) is 0 Å². The van der Waals surface area contributed by atoms with Crippen LogP contribution in [0.1, 0.15) is 0 Å². The number of hydrogen-bond donors (Lipinski definition) is 0. The van der Waals surface area contributed by atoms with Gasteiger partial charge in [0.05, 0.1) is 0 Å². The molecule has 0 unspecified atom stereocenters. The first-order chi connectivity index (χ1) is 27.3. The molecule has 9 aromatic carbocycles. The molecule has 0 radical (unpaired) electrons. The van der Waals surface area contributed by atoms with Gasteiger partial charge in [-0.25, -0.2) is 15.0 Å². The third-order valence-electron chi connectivity index (χ3n) is 11.3. The molecule has 0 N–H and O–H groups in total. The Balaban J connectivity index is 1.03. The molecule has 0 saturated heterocycles. The Hall–Kier alpha value is -7.43. The van der Waals surface area contributed by atoms with Crippen molar-refractivity contribution in [2.75, 3.05) is 0 Å². The van der Waals surface area contributed by atoms with Gasteiger partial charge in [0.2, 0.25) is 0 Å². The summed E-state index contributed by atoms with van der Waals surface area (Å²) in [5, 5.41) is 9.29. The molecule has 4 nitrogen and oxygen atoms in total. The predicted octanol–water partition coefficient (Wildman–Crippen LogP) is 13.5. The number of hydrogen-bond acceptors (Lipinski definition) is 4. The van der Waals surface area contributed by atoms with E-state index in [0.717, 1.165) is 71.3 Å². The highest BCUT2D eigenvalue weighted by Gasteiger charge is 2.25. The summed E-state index contributed by atoms with van der Waals surface area (Å²) >= 11 is 0. The van der Waals surface area contributed by atoms with Gasteiger partial charge >= 0.3 is 0 Å². The summed E-state index contributed by atoms with van der Waals surface area (Å²) in [5.74, 6) is 1.92. The van der Waals surface area contributed by atoms with Crippen molar-refractivity contribution < 1.29 is 4.42 Å². The van der Waals surface area contributed by atoms with Gasteiger partial charge in [0.1, 0.15) is 11.2 Å². The van der Waals surface area contributed by atoms with Gasteiger partial charge in [-0.15, -0.1) is 0 Å². The third kappa shape index (κ3) is 4.49. The van der Waals surface area contributed by atoms with E-state index >= 15 is 0 Å². The molecule has 2 aromatic heterocycles. The van der Waals surface area contributed by atoms with Gasteiger partial charge in [-0.1, -0.05) is 164 Å². The highest BCUT2D eigenvalue weighted by atomic mass is 16.3. The van der Waals surface area contributed by atoms with E-state index in [1.807, 2.05) is 0 Å². The number of nitrogens with zero attached hydrogens (tertiary/aromatic N) is 3. The van der Waals surface area contributed by atoms with Crippen molar-refractivity contribution in [3.63, 3.8) is 0 Å². The molecule has 0 amide bonds. The fraction of sp³-hybridized carbons (Fsp3) is 0. The minimum Gasteiger partial charge on any atom is -0.456 e. The maximum atomic E-state index is 6.64. The average Bonchev–Trinajstić information content (AvgIpc) is 3.80. The molecule has 55 heavy (non-hydrogen) atoms. The van der Waals surface area contributed by atoms with Crippen LogP contribution in [0.4, 0.5) is 0 Å². The van der Waals surface area contributed by atoms with Crippen molar-refractivity contribution in [1.29, 1.82) is 0 Å². The van der Waals surface area contributed by atoms with Gasteiger partial charge in [-0.3, -0.25) is 0 Å². The van der Waals surface area contributed by atoms with Gasteiger partial charge in [-0.05, 0) is 77.8 Å². The summed E-state index contributed by atoms with van der Waals surface area (Å²) in [6.45, 7) is 0. The molecular formula is C51H29N3O. The first-order valence-electron chi connectivity index (χ1n) is 18.6. The van der Waals surface area contributed by atoms with E-state index in [9.17, 15) is 0 Å². The topological polar surface area (TPSA) is 51.8 Å². The summed E-state index contributed by atoms with van der Waals surface area (Å²) in [5.41, 5.74) is 11.9. The molecule has 2 heterocycles. The van der Waals surface area contributed by atoms with E-state index in [-0.39, 0.29) is 0 Å². The Morgan fingerprint density at radius 1 is 0.291 bits per heavy atom. The van der Waals surface area contributed by atoms with Crippen LogP contribution in [0.3, 0.4) is 0 Å². The number of aromatic nitrogens is 3. The van der Waals surface area contributed by atoms with Crippen molar-refractivity contribution in [2.24, 2.45) is 0 Å². The second-order valence-electron chi connectivity index (χ2n) is 14.3. The summed E-state index contributed by atoms with van der Waals surface area (Å²) in [4.78, 5) is 15.4. The molecule has 11 aromatic rings. The van der Waals surface area contributed by atoms with Crippen LogP contribution in [-0.2, 0) is 0 Å². The van der Waals surface area contributed by atoms with Gasteiger partial charge in [0, 0.05) is 27.5 Å². The molecule has 0 spiro atoms. The summed E-state index contributed by atoms with van der Waals surface area (Å²) < 4.78 is 6.64. The average molecular weight is 700 g/mol. The number of furan rings is 1.